The maximum absolute atomic E-state index is 12.3. The molecular formula is C11H14F3N. The molecule has 0 aliphatic rings. The molecule has 1 nitrogen and oxygen atoms in total. The highest BCUT2D eigenvalue weighted by atomic mass is 19.4. The number of alkyl halides is 3. The summed E-state index contributed by atoms with van der Waals surface area (Å²) >= 11 is 0. The molecule has 1 aromatic rings. The van der Waals surface area contributed by atoms with Crippen molar-refractivity contribution in [3.8, 4) is 0 Å². The van der Waals surface area contributed by atoms with Crippen LogP contribution in [0.25, 0.3) is 0 Å². The Morgan fingerprint density at radius 3 is 1.80 bits per heavy atom. The van der Waals surface area contributed by atoms with Gasteiger partial charge < -0.3 is 5.73 Å². The van der Waals surface area contributed by atoms with Crippen LogP contribution in [0.4, 0.5) is 13.2 Å². The van der Waals surface area contributed by atoms with Crippen molar-refractivity contribution in [3.05, 3.63) is 35.4 Å². The van der Waals surface area contributed by atoms with Crippen LogP contribution in [0.3, 0.4) is 0 Å². The van der Waals surface area contributed by atoms with Crippen LogP contribution in [-0.4, -0.2) is 0 Å². The quantitative estimate of drug-likeness (QED) is 0.808. The summed E-state index contributed by atoms with van der Waals surface area (Å²) in [5, 5.41) is 0. The van der Waals surface area contributed by atoms with E-state index in [1.807, 2.05) is 6.92 Å². The molecule has 0 saturated heterocycles. The van der Waals surface area contributed by atoms with Gasteiger partial charge in [-0.2, -0.15) is 13.2 Å². The molecule has 0 unspecified atom stereocenters. The number of benzene rings is 1. The van der Waals surface area contributed by atoms with Gasteiger partial charge in [0, 0.05) is 5.54 Å². The molecule has 0 radical (unpaired) electrons. The lowest BCUT2D eigenvalue weighted by Gasteiger charge is -2.23. The summed E-state index contributed by atoms with van der Waals surface area (Å²) in [5.41, 5.74) is 5.43. The minimum absolute atomic E-state index is 0.565. The number of rotatable bonds is 2. The summed E-state index contributed by atoms with van der Waals surface area (Å²) in [6.07, 6.45) is -3.60. The second-order valence-corrected chi connectivity index (χ2v) is 3.85. The normalized spacial score (nSPS) is 16.1. The lowest BCUT2D eigenvalue weighted by molar-refractivity contribution is -0.137. The Morgan fingerprint density at radius 1 is 1.07 bits per heavy atom. The van der Waals surface area contributed by atoms with Crippen LogP contribution in [0, 0.1) is 0 Å². The molecule has 1 atom stereocenters. The first-order chi connectivity index (χ1) is 6.77. The maximum Gasteiger partial charge on any atom is 0.416 e. The van der Waals surface area contributed by atoms with Crippen LogP contribution in [-0.2, 0) is 11.7 Å². The van der Waals surface area contributed by atoms with E-state index in [9.17, 15) is 13.2 Å². The zero-order chi connectivity index (χ0) is 11.7. The highest BCUT2D eigenvalue weighted by molar-refractivity contribution is 5.29. The highest BCUT2D eigenvalue weighted by Crippen LogP contribution is 2.30. The fourth-order valence-corrected chi connectivity index (χ4v) is 1.24. The maximum atomic E-state index is 12.3. The molecule has 0 spiro atoms. The number of halogens is 3. The molecule has 0 aliphatic carbocycles. The van der Waals surface area contributed by atoms with Gasteiger partial charge in [0.1, 0.15) is 0 Å². The molecule has 0 heterocycles. The van der Waals surface area contributed by atoms with Crippen LogP contribution < -0.4 is 5.73 Å². The minimum Gasteiger partial charge on any atom is -0.322 e. The molecule has 4 heteroatoms. The van der Waals surface area contributed by atoms with E-state index in [4.69, 9.17) is 5.73 Å². The molecule has 84 valence electrons. The molecular weight excluding hydrogens is 203 g/mol. The van der Waals surface area contributed by atoms with Gasteiger partial charge in [-0.3, -0.25) is 0 Å². The van der Waals surface area contributed by atoms with Crippen molar-refractivity contribution >= 4 is 0 Å². The van der Waals surface area contributed by atoms with Crippen LogP contribution in [0.5, 0.6) is 0 Å². The Hall–Kier alpha value is -1.03. The molecule has 1 rings (SSSR count). The fraction of sp³-hybridized carbons (Fsp3) is 0.455. The third kappa shape index (κ3) is 2.72. The van der Waals surface area contributed by atoms with Gasteiger partial charge in [-0.1, -0.05) is 19.1 Å². The van der Waals surface area contributed by atoms with E-state index in [-0.39, 0.29) is 0 Å². The standard InChI is InChI=1S/C11H14F3N/c1-3-10(2,15)8-4-6-9(7-5-8)11(12,13)14/h4-7H,3,15H2,1-2H3/t10-/m0/s1. The predicted molar refractivity (Wildman–Crippen MR) is 53.3 cm³/mol. The summed E-state index contributed by atoms with van der Waals surface area (Å²) in [6.45, 7) is 3.70. The monoisotopic (exact) mass is 217 g/mol. The summed E-state index contributed by atoms with van der Waals surface area (Å²) in [5.74, 6) is 0. The molecule has 0 amide bonds. The lowest BCUT2D eigenvalue weighted by atomic mass is 9.90. The number of hydrogen-bond acceptors (Lipinski definition) is 1. The zero-order valence-electron chi connectivity index (χ0n) is 8.73. The van der Waals surface area contributed by atoms with Crippen LogP contribution in [0.2, 0.25) is 0 Å². The minimum atomic E-state index is -4.28. The van der Waals surface area contributed by atoms with Crippen molar-refractivity contribution in [2.24, 2.45) is 5.73 Å². The van der Waals surface area contributed by atoms with Crippen molar-refractivity contribution < 1.29 is 13.2 Å². The average molecular weight is 217 g/mol. The molecule has 0 aromatic heterocycles. The van der Waals surface area contributed by atoms with Gasteiger partial charge in [-0.25, -0.2) is 0 Å². The third-order valence-electron chi connectivity index (χ3n) is 2.61. The van der Waals surface area contributed by atoms with Crippen molar-refractivity contribution in [1.29, 1.82) is 0 Å². The number of hydrogen-bond donors (Lipinski definition) is 1. The van der Waals surface area contributed by atoms with Gasteiger partial charge in [0.25, 0.3) is 0 Å². The first kappa shape index (κ1) is 12.0. The van der Waals surface area contributed by atoms with Crippen LogP contribution >= 0.6 is 0 Å². The van der Waals surface area contributed by atoms with Gasteiger partial charge in [-0.15, -0.1) is 0 Å². The van der Waals surface area contributed by atoms with E-state index in [0.717, 1.165) is 17.7 Å². The summed E-state index contributed by atoms with van der Waals surface area (Å²) in [4.78, 5) is 0. The van der Waals surface area contributed by atoms with Crippen LogP contribution in [0.1, 0.15) is 31.4 Å². The second-order valence-electron chi connectivity index (χ2n) is 3.85. The Morgan fingerprint density at radius 2 is 1.47 bits per heavy atom. The lowest BCUT2D eigenvalue weighted by Crippen LogP contribution is -2.31. The van der Waals surface area contributed by atoms with Gasteiger partial charge >= 0.3 is 6.18 Å². The summed E-state index contributed by atoms with van der Waals surface area (Å²) in [6, 6.07) is 5.00. The van der Waals surface area contributed by atoms with Crippen LogP contribution in [0.15, 0.2) is 24.3 Å². The Kier molecular flexibility index (Phi) is 3.09. The van der Waals surface area contributed by atoms with E-state index in [1.54, 1.807) is 6.92 Å². The smallest absolute Gasteiger partial charge is 0.322 e. The van der Waals surface area contributed by atoms with E-state index < -0.39 is 17.3 Å². The van der Waals surface area contributed by atoms with Gasteiger partial charge in [-0.05, 0) is 31.0 Å². The molecule has 2 N–H and O–H groups in total. The first-order valence-electron chi connectivity index (χ1n) is 4.74. The second kappa shape index (κ2) is 3.85. The van der Waals surface area contributed by atoms with Crippen molar-refractivity contribution in [2.45, 2.75) is 32.0 Å². The largest absolute Gasteiger partial charge is 0.416 e. The Bertz CT molecular complexity index is 325. The highest BCUT2D eigenvalue weighted by Gasteiger charge is 2.30. The molecule has 1 aromatic carbocycles. The third-order valence-corrected chi connectivity index (χ3v) is 2.61. The van der Waals surface area contributed by atoms with Crippen molar-refractivity contribution in [1.82, 2.24) is 0 Å². The average Bonchev–Trinajstić information content (AvgIpc) is 2.17. The van der Waals surface area contributed by atoms with Gasteiger partial charge in [0.15, 0.2) is 0 Å². The summed E-state index contributed by atoms with van der Waals surface area (Å²) < 4.78 is 36.8. The van der Waals surface area contributed by atoms with E-state index >= 15 is 0 Å². The van der Waals surface area contributed by atoms with E-state index in [1.165, 1.54) is 12.1 Å². The first-order valence-corrected chi connectivity index (χ1v) is 4.74. The zero-order valence-corrected chi connectivity index (χ0v) is 8.73. The molecule has 0 aliphatic heterocycles. The topological polar surface area (TPSA) is 26.0 Å². The van der Waals surface area contributed by atoms with E-state index in [0.29, 0.717) is 6.42 Å². The number of nitrogens with two attached hydrogens (primary N) is 1. The van der Waals surface area contributed by atoms with E-state index in [2.05, 4.69) is 0 Å². The van der Waals surface area contributed by atoms with Gasteiger partial charge in [0.2, 0.25) is 0 Å². The fourth-order valence-electron chi connectivity index (χ4n) is 1.24. The SMILES string of the molecule is CC[C@](C)(N)c1ccc(C(F)(F)F)cc1. The van der Waals surface area contributed by atoms with Crippen molar-refractivity contribution in [2.75, 3.05) is 0 Å². The molecule has 0 saturated carbocycles. The summed E-state index contributed by atoms with van der Waals surface area (Å²) in [7, 11) is 0. The molecule has 15 heavy (non-hydrogen) atoms. The molecule has 0 bridgehead atoms. The van der Waals surface area contributed by atoms with Gasteiger partial charge in [0.05, 0.1) is 5.56 Å². The Labute approximate surface area is 87.1 Å². The Balaban J connectivity index is 3.01. The van der Waals surface area contributed by atoms with Crippen molar-refractivity contribution in [3.63, 3.8) is 0 Å². The predicted octanol–water partition coefficient (Wildman–Crippen LogP) is 3.29. The molecule has 0 fully saturated rings.